The van der Waals surface area contributed by atoms with E-state index in [1.54, 1.807) is 18.2 Å². The first kappa shape index (κ1) is 13.3. The van der Waals surface area contributed by atoms with Gasteiger partial charge in [-0.05, 0) is 24.6 Å². The van der Waals surface area contributed by atoms with Gasteiger partial charge in [0, 0.05) is 19.0 Å². The minimum absolute atomic E-state index is 0.0206. The highest BCUT2D eigenvalue weighted by molar-refractivity contribution is 5.74. The molecule has 0 radical (unpaired) electrons. The molecule has 5 heteroatoms. The zero-order valence-corrected chi connectivity index (χ0v) is 10.1. The summed E-state index contributed by atoms with van der Waals surface area (Å²) >= 11 is 0. The lowest BCUT2D eigenvalue weighted by Crippen LogP contribution is -2.30. The van der Waals surface area contributed by atoms with Crippen LogP contribution < -0.4 is 15.8 Å². The number of nitrogens with one attached hydrogen (secondary N) is 1. The number of hydrogen-bond acceptors (Lipinski definition) is 4. The SMILES string of the molecule is COc1cc(CNC(C)CC(N)=O)ccc1O. The molecule has 0 aliphatic carbocycles. The Labute approximate surface area is 101 Å². The molecule has 4 N–H and O–H groups in total. The first-order valence-electron chi connectivity index (χ1n) is 5.40. The number of benzene rings is 1. The fourth-order valence-corrected chi connectivity index (χ4v) is 1.50. The van der Waals surface area contributed by atoms with Crippen molar-refractivity contribution in [2.45, 2.75) is 25.9 Å². The van der Waals surface area contributed by atoms with Gasteiger partial charge in [-0.1, -0.05) is 6.07 Å². The minimum atomic E-state index is -0.326. The van der Waals surface area contributed by atoms with Crippen LogP contribution in [0, 0.1) is 0 Å². The number of carbonyl (C=O) groups is 1. The average Bonchev–Trinajstić information content (AvgIpc) is 2.27. The predicted molar refractivity (Wildman–Crippen MR) is 64.8 cm³/mol. The van der Waals surface area contributed by atoms with E-state index in [-0.39, 0.29) is 17.7 Å². The van der Waals surface area contributed by atoms with Crippen molar-refractivity contribution >= 4 is 5.91 Å². The van der Waals surface area contributed by atoms with Gasteiger partial charge >= 0.3 is 0 Å². The van der Waals surface area contributed by atoms with E-state index in [4.69, 9.17) is 10.5 Å². The Morgan fingerprint density at radius 2 is 2.29 bits per heavy atom. The molecule has 1 unspecified atom stereocenters. The summed E-state index contributed by atoms with van der Waals surface area (Å²) in [5, 5.41) is 12.6. The first-order valence-corrected chi connectivity index (χ1v) is 5.40. The van der Waals surface area contributed by atoms with Gasteiger partial charge in [-0.25, -0.2) is 0 Å². The molecule has 5 nitrogen and oxygen atoms in total. The second-order valence-electron chi connectivity index (χ2n) is 3.96. The van der Waals surface area contributed by atoms with Crippen LogP contribution in [-0.2, 0) is 11.3 Å². The van der Waals surface area contributed by atoms with Gasteiger partial charge in [0.15, 0.2) is 11.5 Å². The van der Waals surface area contributed by atoms with Gasteiger partial charge in [0.05, 0.1) is 7.11 Å². The fraction of sp³-hybridized carbons (Fsp3) is 0.417. The third kappa shape index (κ3) is 4.32. The molecule has 0 saturated heterocycles. The van der Waals surface area contributed by atoms with Crippen LogP contribution in [0.3, 0.4) is 0 Å². The summed E-state index contributed by atoms with van der Waals surface area (Å²) in [6.07, 6.45) is 0.301. The van der Waals surface area contributed by atoms with Crippen molar-refractivity contribution in [3.8, 4) is 11.5 Å². The maximum atomic E-state index is 10.7. The molecule has 0 bridgehead atoms. The second kappa shape index (κ2) is 6.10. The number of amides is 1. The molecule has 1 amide bonds. The van der Waals surface area contributed by atoms with Crippen LogP contribution in [0.25, 0.3) is 0 Å². The van der Waals surface area contributed by atoms with Crippen LogP contribution >= 0.6 is 0 Å². The Morgan fingerprint density at radius 3 is 2.88 bits per heavy atom. The number of ether oxygens (including phenoxy) is 1. The van der Waals surface area contributed by atoms with Gasteiger partial charge in [0.25, 0.3) is 0 Å². The molecular weight excluding hydrogens is 220 g/mol. The minimum Gasteiger partial charge on any atom is -0.504 e. The maximum Gasteiger partial charge on any atom is 0.218 e. The summed E-state index contributed by atoms with van der Waals surface area (Å²) < 4.78 is 5.01. The van der Waals surface area contributed by atoms with Crippen LogP contribution in [-0.4, -0.2) is 24.2 Å². The topological polar surface area (TPSA) is 84.6 Å². The van der Waals surface area contributed by atoms with Gasteiger partial charge in [0.2, 0.25) is 5.91 Å². The molecule has 1 atom stereocenters. The fourth-order valence-electron chi connectivity index (χ4n) is 1.50. The van der Waals surface area contributed by atoms with E-state index in [0.29, 0.717) is 18.7 Å². The molecule has 0 aromatic heterocycles. The zero-order chi connectivity index (χ0) is 12.8. The van der Waals surface area contributed by atoms with Gasteiger partial charge in [-0.3, -0.25) is 4.79 Å². The van der Waals surface area contributed by atoms with Crippen LogP contribution in [0.4, 0.5) is 0 Å². The molecule has 0 aliphatic heterocycles. The molecule has 1 rings (SSSR count). The highest BCUT2D eigenvalue weighted by Crippen LogP contribution is 2.26. The highest BCUT2D eigenvalue weighted by atomic mass is 16.5. The number of nitrogens with two attached hydrogens (primary N) is 1. The maximum absolute atomic E-state index is 10.7. The van der Waals surface area contributed by atoms with Crippen molar-refractivity contribution in [2.75, 3.05) is 7.11 Å². The quantitative estimate of drug-likeness (QED) is 0.683. The third-order valence-corrected chi connectivity index (χ3v) is 2.41. The first-order chi connectivity index (χ1) is 8.02. The van der Waals surface area contributed by atoms with E-state index < -0.39 is 0 Å². The smallest absolute Gasteiger partial charge is 0.218 e. The number of rotatable bonds is 6. The highest BCUT2D eigenvalue weighted by Gasteiger charge is 2.06. The summed E-state index contributed by atoms with van der Waals surface area (Å²) in [5.41, 5.74) is 6.06. The van der Waals surface area contributed by atoms with Crippen molar-refractivity contribution in [1.82, 2.24) is 5.32 Å². The lowest BCUT2D eigenvalue weighted by molar-refractivity contribution is -0.118. The van der Waals surface area contributed by atoms with Crippen LogP contribution in [0.1, 0.15) is 18.9 Å². The molecule has 0 aliphatic rings. The van der Waals surface area contributed by atoms with E-state index in [1.165, 1.54) is 7.11 Å². The molecule has 0 heterocycles. The van der Waals surface area contributed by atoms with E-state index in [9.17, 15) is 9.90 Å². The Hall–Kier alpha value is -1.75. The summed E-state index contributed by atoms with van der Waals surface area (Å²) in [6.45, 7) is 2.48. The van der Waals surface area contributed by atoms with Crippen molar-refractivity contribution in [1.29, 1.82) is 0 Å². The standard InChI is InChI=1S/C12H18N2O3/c1-8(5-12(13)16)14-7-9-3-4-10(15)11(6-9)17-2/h3-4,6,8,14-15H,5,7H2,1-2H3,(H2,13,16). The number of hydrogen-bond donors (Lipinski definition) is 3. The molecule has 0 spiro atoms. The van der Waals surface area contributed by atoms with Crippen LogP contribution in [0.15, 0.2) is 18.2 Å². The molecule has 0 fully saturated rings. The summed E-state index contributed by atoms with van der Waals surface area (Å²) in [4.78, 5) is 10.7. The van der Waals surface area contributed by atoms with Gasteiger partial charge < -0.3 is 20.9 Å². The monoisotopic (exact) mass is 238 g/mol. The number of aromatic hydroxyl groups is 1. The normalized spacial score (nSPS) is 12.1. The third-order valence-electron chi connectivity index (χ3n) is 2.41. The molecule has 94 valence electrons. The number of phenolic OH excluding ortho intramolecular Hbond substituents is 1. The van der Waals surface area contributed by atoms with Gasteiger partial charge in [0.1, 0.15) is 0 Å². The van der Waals surface area contributed by atoms with Crippen LogP contribution in [0.5, 0.6) is 11.5 Å². The zero-order valence-electron chi connectivity index (χ0n) is 10.1. The van der Waals surface area contributed by atoms with E-state index >= 15 is 0 Å². The summed E-state index contributed by atoms with van der Waals surface area (Å²) in [5.74, 6) is 0.224. The van der Waals surface area contributed by atoms with E-state index in [0.717, 1.165) is 5.56 Å². The molecule has 0 saturated carbocycles. The molecule has 17 heavy (non-hydrogen) atoms. The van der Waals surface area contributed by atoms with E-state index in [1.807, 2.05) is 6.92 Å². The predicted octanol–water partition coefficient (Wildman–Crippen LogP) is 0.754. The second-order valence-corrected chi connectivity index (χ2v) is 3.96. The average molecular weight is 238 g/mol. The Bertz CT molecular complexity index is 393. The van der Waals surface area contributed by atoms with Crippen molar-refractivity contribution in [3.63, 3.8) is 0 Å². The summed E-state index contributed by atoms with van der Waals surface area (Å²) in [7, 11) is 1.50. The van der Waals surface area contributed by atoms with Gasteiger partial charge in [-0.15, -0.1) is 0 Å². The Kier molecular flexibility index (Phi) is 4.78. The lowest BCUT2D eigenvalue weighted by atomic mass is 10.1. The van der Waals surface area contributed by atoms with E-state index in [2.05, 4.69) is 5.32 Å². The Balaban J connectivity index is 2.54. The number of methoxy groups -OCH3 is 1. The van der Waals surface area contributed by atoms with Crippen molar-refractivity contribution in [3.05, 3.63) is 23.8 Å². The number of primary amides is 1. The van der Waals surface area contributed by atoms with Crippen molar-refractivity contribution < 1.29 is 14.6 Å². The molecular formula is C12H18N2O3. The molecule has 1 aromatic rings. The van der Waals surface area contributed by atoms with Crippen LogP contribution in [0.2, 0.25) is 0 Å². The van der Waals surface area contributed by atoms with Gasteiger partial charge in [-0.2, -0.15) is 0 Å². The lowest BCUT2D eigenvalue weighted by Gasteiger charge is -2.12. The number of phenols is 1. The Morgan fingerprint density at radius 1 is 1.59 bits per heavy atom. The number of carbonyl (C=O) groups excluding carboxylic acids is 1. The molecule has 1 aromatic carbocycles. The van der Waals surface area contributed by atoms with Crippen molar-refractivity contribution in [2.24, 2.45) is 5.73 Å². The largest absolute Gasteiger partial charge is 0.504 e. The summed E-state index contributed by atoms with van der Waals surface area (Å²) in [6, 6.07) is 5.14.